The molecule has 1 rings (SSSR count). The summed E-state index contributed by atoms with van der Waals surface area (Å²) in [5.74, 6) is -1.22. The maximum Gasteiger partial charge on any atom is 0.169 e. The highest BCUT2D eigenvalue weighted by atomic mass is 79.9. The lowest BCUT2D eigenvalue weighted by atomic mass is 10.3. The molecule has 0 aliphatic heterocycles. The third kappa shape index (κ3) is 4.06. The van der Waals surface area contributed by atoms with Crippen molar-refractivity contribution in [1.82, 2.24) is 5.32 Å². The first-order valence-corrected chi connectivity index (χ1v) is 5.86. The van der Waals surface area contributed by atoms with Gasteiger partial charge in [0.05, 0.1) is 11.1 Å². The van der Waals surface area contributed by atoms with Crippen LogP contribution >= 0.6 is 15.9 Å². The Balaban J connectivity index is 2.47. The first kappa shape index (κ1) is 13.4. The number of hydrogen-bond acceptors (Lipinski definition) is 2. The van der Waals surface area contributed by atoms with Gasteiger partial charge in [-0.3, -0.25) is 0 Å². The van der Waals surface area contributed by atoms with Crippen molar-refractivity contribution >= 4 is 15.9 Å². The predicted molar refractivity (Wildman–Crippen MR) is 62.7 cm³/mol. The van der Waals surface area contributed by atoms with E-state index in [1.54, 1.807) is 0 Å². The molecule has 1 N–H and O–H groups in total. The fraction of sp³-hybridized carbons (Fsp3) is 0.455. The number of benzene rings is 1. The van der Waals surface area contributed by atoms with Crippen molar-refractivity contribution in [1.29, 1.82) is 0 Å². The molecule has 0 aromatic heterocycles. The highest BCUT2D eigenvalue weighted by molar-refractivity contribution is 9.10. The summed E-state index contributed by atoms with van der Waals surface area (Å²) in [5, 5.41) is 3.01. The Morgan fingerprint density at radius 1 is 1.31 bits per heavy atom. The molecule has 1 aromatic rings. The fourth-order valence-corrected chi connectivity index (χ4v) is 1.77. The van der Waals surface area contributed by atoms with Crippen molar-refractivity contribution in [2.75, 3.05) is 20.2 Å². The second-order valence-corrected chi connectivity index (χ2v) is 4.21. The molecule has 0 aliphatic rings. The standard InChI is InChI=1S/C11H14BrF2NO/c1-15-4-2-3-5-16-11-9(12)6-8(13)7-10(11)14/h6-7,15H,2-5H2,1H3. The topological polar surface area (TPSA) is 21.3 Å². The van der Waals surface area contributed by atoms with Crippen molar-refractivity contribution in [2.45, 2.75) is 12.8 Å². The summed E-state index contributed by atoms with van der Waals surface area (Å²) >= 11 is 3.06. The molecule has 0 bridgehead atoms. The molecule has 0 unspecified atom stereocenters. The SMILES string of the molecule is CNCCCCOc1c(F)cc(F)cc1Br. The van der Waals surface area contributed by atoms with Crippen LogP contribution < -0.4 is 10.1 Å². The minimum absolute atomic E-state index is 0.0749. The lowest BCUT2D eigenvalue weighted by molar-refractivity contribution is 0.289. The quantitative estimate of drug-likeness (QED) is 0.814. The normalized spacial score (nSPS) is 10.5. The average Bonchev–Trinajstić information content (AvgIpc) is 2.20. The van der Waals surface area contributed by atoms with Gasteiger partial charge in [0, 0.05) is 6.07 Å². The smallest absolute Gasteiger partial charge is 0.169 e. The van der Waals surface area contributed by atoms with Gasteiger partial charge < -0.3 is 10.1 Å². The van der Waals surface area contributed by atoms with E-state index < -0.39 is 11.6 Å². The second-order valence-electron chi connectivity index (χ2n) is 3.36. The van der Waals surface area contributed by atoms with Gasteiger partial charge in [0.1, 0.15) is 5.82 Å². The second kappa shape index (κ2) is 6.81. The summed E-state index contributed by atoms with van der Waals surface area (Å²) in [5.41, 5.74) is 0. The van der Waals surface area contributed by atoms with Gasteiger partial charge >= 0.3 is 0 Å². The van der Waals surface area contributed by atoms with Crippen LogP contribution in [-0.2, 0) is 0 Å². The maximum atomic E-state index is 13.3. The summed E-state index contributed by atoms with van der Waals surface area (Å²) < 4.78 is 31.6. The van der Waals surface area contributed by atoms with Crippen molar-refractivity contribution < 1.29 is 13.5 Å². The molecule has 90 valence electrons. The molecule has 0 amide bonds. The van der Waals surface area contributed by atoms with E-state index in [4.69, 9.17) is 4.74 Å². The zero-order chi connectivity index (χ0) is 12.0. The predicted octanol–water partition coefficient (Wildman–Crippen LogP) is 3.11. The highest BCUT2D eigenvalue weighted by Crippen LogP contribution is 2.29. The Bertz CT molecular complexity index is 324. The Morgan fingerprint density at radius 3 is 2.69 bits per heavy atom. The summed E-state index contributed by atoms with van der Waals surface area (Å²) in [4.78, 5) is 0. The summed E-state index contributed by atoms with van der Waals surface area (Å²) in [6.07, 6.45) is 1.78. The van der Waals surface area contributed by atoms with E-state index in [1.165, 1.54) is 6.07 Å². The highest BCUT2D eigenvalue weighted by Gasteiger charge is 2.10. The van der Waals surface area contributed by atoms with E-state index in [9.17, 15) is 8.78 Å². The third-order valence-electron chi connectivity index (χ3n) is 2.03. The van der Waals surface area contributed by atoms with Crippen molar-refractivity contribution in [3.05, 3.63) is 28.2 Å². The first-order chi connectivity index (χ1) is 7.65. The largest absolute Gasteiger partial charge is 0.489 e. The third-order valence-corrected chi connectivity index (χ3v) is 2.62. The Labute approximate surface area is 102 Å². The molecular weight excluding hydrogens is 280 g/mol. The van der Waals surface area contributed by atoms with Crippen LogP contribution in [0, 0.1) is 11.6 Å². The molecule has 0 saturated heterocycles. The van der Waals surface area contributed by atoms with E-state index in [0.717, 1.165) is 25.5 Å². The van der Waals surface area contributed by atoms with Gasteiger partial charge in [0.15, 0.2) is 11.6 Å². The van der Waals surface area contributed by atoms with Crippen LogP contribution in [-0.4, -0.2) is 20.2 Å². The zero-order valence-electron chi connectivity index (χ0n) is 9.03. The lowest BCUT2D eigenvalue weighted by Crippen LogP contribution is -2.09. The van der Waals surface area contributed by atoms with E-state index in [0.29, 0.717) is 11.1 Å². The number of hydrogen-bond donors (Lipinski definition) is 1. The number of nitrogens with one attached hydrogen (secondary N) is 1. The van der Waals surface area contributed by atoms with Gasteiger partial charge in [-0.1, -0.05) is 0 Å². The van der Waals surface area contributed by atoms with Gasteiger partial charge in [0.25, 0.3) is 0 Å². The van der Waals surface area contributed by atoms with Gasteiger partial charge in [-0.2, -0.15) is 0 Å². The monoisotopic (exact) mass is 293 g/mol. The van der Waals surface area contributed by atoms with E-state index >= 15 is 0 Å². The molecule has 5 heteroatoms. The van der Waals surface area contributed by atoms with E-state index in [1.807, 2.05) is 7.05 Å². The lowest BCUT2D eigenvalue weighted by Gasteiger charge is -2.09. The van der Waals surface area contributed by atoms with Crippen molar-refractivity contribution in [2.24, 2.45) is 0 Å². The van der Waals surface area contributed by atoms with Crippen LogP contribution in [0.4, 0.5) is 8.78 Å². The van der Waals surface area contributed by atoms with Crippen LogP contribution in [0.15, 0.2) is 16.6 Å². The molecular formula is C11H14BrF2NO. The average molecular weight is 294 g/mol. The molecule has 0 spiro atoms. The molecule has 0 fully saturated rings. The maximum absolute atomic E-state index is 13.3. The van der Waals surface area contributed by atoms with E-state index in [2.05, 4.69) is 21.2 Å². The van der Waals surface area contributed by atoms with Crippen molar-refractivity contribution in [3.8, 4) is 5.75 Å². The number of ether oxygens (including phenoxy) is 1. The molecule has 1 aromatic carbocycles. The molecule has 0 radical (unpaired) electrons. The van der Waals surface area contributed by atoms with Crippen LogP contribution in [0.5, 0.6) is 5.75 Å². The minimum atomic E-state index is -0.680. The summed E-state index contributed by atoms with van der Waals surface area (Å²) in [6, 6.07) is 2.00. The van der Waals surface area contributed by atoms with Gasteiger partial charge in [-0.05, 0) is 48.4 Å². The first-order valence-electron chi connectivity index (χ1n) is 5.07. The summed E-state index contributed by atoms with van der Waals surface area (Å²) in [7, 11) is 1.87. The number of halogens is 3. The van der Waals surface area contributed by atoms with E-state index in [-0.39, 0.29) is 5.75 Å². The van der Waals surface area contributed by atoms with Gasteiger partial charge in [-0.25, -0.2) is 8.78 Å². The van der Waals surface area contributed by atoms with Crippen LogP contribution in [0.1, 0.15) is 12.8 Å². The van der Waals surface area contributed by atoms with Crippen LogP contribution in [0.3, 0.4) is 0 Å². The zero-order valence-corrected chi connectivity index (χ0v) is 10.6. The van der Waals surface area contributed by atoms with Gasteiger partial charge in [0.2, 0.25) is 0 Å². The number of unbranched alkanes of at least 4 members (excludes halogenated alkanes) is 1. The Hall–Kier alpha value is -0.680. The summed E-state index contributed by atoms with van der Waals surface area (Å²) in [6.45, 7) is 1.32. The molecule has 16 heavy (non-hydrogen) atoms. The Kier molecular flexibility index (Phi) is 5.69. The Morgan fingerprint density at radius 2 is 2.06 bits per heavy atom. The van der Waals surface area contributed by atoms with Gasteiger partial charge in [-0.15, -0.1) is 0 Å². The number of rotatable bonds is 6. The van der Waals surface area contributed by atoms with Crippen LogP contribution in [0.2, 0.25) is 0 Å². The minimum Gasteiger partial charge on any atom is -0.489 e. The van der Waals surface area contributed by atoms with Crippen LogP contribution in [0.25, 0.3) is 0 Å². The fourth-order valence-electron chi connectivity index (χ4n) is 1.24. The molecule has 0 aliphatic carbocycles. The molecule has 2 nitrogen and oxygen atoms in total. The molecule has 0 heterocycles. The molecule has 0 saturated carbocycles. The van der Waals surface area contributed by atoms with Crippen molar-refractivity contribution in [3.63, 3.8) is 0 Å². The molecule has 0 atom stereocenters.